The van der Waals surface area contributed by atoms with Crippen molar-refractivity contribution in [3.8, 4) is 0 Å². The van der Waals surface area contributed by atoms with Crippen molar-refractivity contribution in [3.05, 3.63) is 0 Å². The van der Waals surface area contributed by atoms with Crippen LogP contribution in [0.1, 0.15) is 34.1 Å². The molecule has 1 atom stereocenters. The first-order valence-corrected chi connectivity index (χ1v) is 5.23. The third kappa shape index (κ3) is 1.92. The van der Waals surface area contributed by atoms with Crippen molar-refractivity contribution >= 4 is 5.97 Å². The van der Waals surface area contributed by atoms with Crippen molar-refractivity contribution in [2.24, 2.45) is 5.41 Å². The van der Waals surface area contributed by atoms with Crippen LogP contribution in [0.25, 0.3) is 0 Å². The summed E-state index contributed by atoms with van der Waals surface area (Å²) >= 11 is 0. The lowest BCUT2D eigenvalue weighted by atomic mass is 9.84. The molecule has 0 aliphatic carbocycles. The topological polar surface area (TPSA) is 29.5 Å². The predicted molar refractivity (Wildman–Crippen MR) is 56.0 cm³/mol. The highest BCUT2D eigenvalue weighted by Crippen LogP contribution is 2.37. The van der Waals surface area contributed by atoms with Crippen LogP contribution in [0.15, 0.2) is 0 Å². The molecule has 1 fully saturated rings. The third-order valence-electron chi connectivity index (χ3n) is 3.17. The average Bonchev–Trinajstić information content (AvgIpc) is 2.40. The van der Waals surface area contributed by atoms with Gasteiger partial charge in [0.05, 0.1) is 7.11 Å². The molecule has 1 aliphatic heterocycles. The second-order valence-electron chi connectivity index (χ2n) is 5.00. The fourth-order valence-electron chi connectivity index (χ4n) is 2.25. The van der Waals surface area contributed by atoms with Crippen molar-refractivity contribution in [3.63, 3.8) is 0 Å². The van der Waals surface area contributed by atoms with Crippen LogP contribution < -0.4 is 0 Å². The smallest absolute Gasteiger partial charge is 0.323 e. The molecule has 14 heavy (non-hydrogen) atoms. The molecule has 1 unspecified atom stereocenters. The number of carbonyl (C=O) groups is 1. The van der Waals surface area contributed by atoms with Crippen molar-refractivity contribution in [1.29, 1.82) is 0 Å². The highest BCUT2D eigenvalue weighted by Gasteiger charge is 2.46. The summed E-state index contributed by atoms with van der Waals surface area (Å²) in [4.78, 5) is 13.9. The van der Waals surface area contributed by atoms with Gasteiger partial charge in [-0.2, -0.15) is 0 Å². The molecule has 1 rings (SSSR count). The minimum absolute atomic E-state index is 0.0391. The molecule has 1 aliphatic rings. The van der Waals surface area contributed by atoms with E-state index in [1.165, 1.54) is 7.11 Å². The predicted octanol–water partition coefficient (Wildman–Crippen LogP) is 1.67. The molecule has 0 aromatic carbocycles. The summed E-state index contributed by atoms with van der Waals surface area (Å²) in [5.41, 5.74) is 0.0391. The van der Waals surface area contributed by atoms with Gasteiger partial charge >= 0.3 is 5.97 Å². The van der Waals surface area contributed by atoms with Gasteiger partial charge in [0.25, 0.3) is 0 Å². The maximum absolute atomic E-state index is 11.7. The van der Waals surface area contributed by atoms with E-state index in [2.05, 4.69) is 32.6 Å². The molecule has 82 valence electrons. The lowest BCUT2D eigenvalue weighted by Crippen LogP contribution is -2.46. The van der Waals surface area contributed by atoms with Crippen LogP contribution in [0, 0.1) is 5.41 Å². The number of carbonyl (C=O) groups excluding carboxylic acids is 1. The maximum atomic E-state index is 11.7. The van der Waals surface area contributed by atoms with Crippen LogP contribution in [0.2, 0.25) is 0 Å². The van der Waals surface area contributed by atoms with Gasteiger partial charge in [-0.25, -0.2) is 0 Å². The molecule has 0 amide bonds. The van der Waals surface area contributed by atoms with Crippen LogP contribution in [0.3, 0.4) is 0 Å². The van der Waals surface area contributed by atoms with Crippen LogP contribution in [-0.2, 0) is 9.53 Å². The van der Waals surface area contributed by atoms with E-state index in [0.29, 0.717) is 6.04 Å². The Morgan fingerprint density at radius 2 is 2.07 bits per heavy atom. The van der Waals surface area contributed by atoms with Crippen LogP contribution in [-0.4, -0.2) is 36.6 Å². The quantitative estimate of drug-likeness (QED) is 0.634. The highest BCUT2D eigenvalue weighted by atomic mass is 16.5. The number of likely N-dealkylation sites (tertiary alicyclic amines) is 1. The maximum Gasteiger partial charge on any atom is 0.323 e. The lowest BCUT2D eigenvalue weighted by molar-refractivity contribution is -0.149. The van der Waals surface area contributed by atoms with Crippen LogP contribution in [0.4, 0.5) is 0 Å². The van der Waals surface area contributed by atoms with Crippen molar-refractivity contribution in [2.45, 2.75) is 46.2 Å². The van der Waals surface area contributed by atoms with Gasteiger partial charge in [0.1, 0.15) is 6.04 Å². The molecule has 0 saturated carbocycles. The Bertz CT molecular complexity index is 223. The van der Waals surface area contributed by atoms with E-state index in [0.717, 1.165) is 13.0 Å². The Hall–Kier alpha value is -0.570. The van der Waals surface area contributed by atoms with E-state index >= 15 is 0 Å². The van der Waals surface area contributed by atoms with Crippen LogP contribution >= 0.6 is 0 Å². The minimum atomic E-state index is -0.0961. The van der Waals surface area contributed by atoms with E-state index in [1.807, 2.05) is 0 Å². The zero-order chi connectivity index (χ0) is 10.9. The van der Waals surface area contributed by atoms with E-state index in [4.69, 9.17) is 4.74 Å². The van der Waals surface area contributed by atoms with Gasteiger partial charge in [-0.3, -0.25) is 9.69 Å². The summed E-state index contributed by atoms with van der Waals surface area (Å²) in [6.45, 7) is 9.51. The normalized spacial score (nSPS) is 26.9. The number of ether oxygens (including phenoxy) is 1. The van der Waals surface area contributed by atoms with Gasteiger partial charge < -0.3 is 4.74 Å². The first kappa shape index (κ1) is 11.5. The number of rotatable bonds is 2. The Kier molecular flexibility index (Phi) is 3.20. The minimum Gasteiger partial charge on any atom is -0.468 e. The summed E-state index contributed by atoms with van der Waals surface area (Å²) in [5.74, 6) is -0.0961. The summed E-state index contributed by atoms with van der Waals surface area (Å²) in [6.07, 6.45) is 1.06. The van der Waals surface area contributed by atoms with Gasteiger partial charge in [-0.1, -0.05) is 13.8 Å². The van der Waals surface area contributed by atoms with Crippen molar-refractivity contribution < 1.29 is 9.53 Å². The molecular formula is C11H21NO2. The molecule has 0 bridgehead atoms. The van der Waals surface area contributed by atoms with Gasteiger partial charge in [-0.15, -0.1) is 0 Å². The molecular weight excluding hydrogens is 178 g/mol. The molecule has 0 aromatic heterocycles. The zero-order valence-corrected chi connectivity index (χ0v) is 9.83. The zero-order valence-electron chi connectivity index (χ0n) is 9.83. The molecule has 0 aromatic rings. The van der Waals surface area contributed by atoms with Gasteiger partial charge in [0.2, 0.25) is 0 Å². The van der Waals surface area contributed by atoms with Crippen LogP contribution in [0.5, 0.6) is 0 Å². The Morgan fingerprint density at radius 1 is 1.50 bits per heavy atom. The monoisotopic (exact) mass is 199 g/mol. The largest absolute Gasteiger partial charge is 0.468 e. The first-order chi connectivity index (χ1) is 6.40. The second kappa shape index (κ2) is 3.89. The average molecular weight is 199 g/mol. The standard InChI is InChI=1S/C11H21NO2/c1-8(2)12-7-6-11(3,4)9(12)10(13)14-5/h8-9H,6-7H2,1-5H3. The second-order valence-corrected chi connectivity index (χ2v) is 5.00. The Morgan fingerprint density at radius 3 is 2.50 bits per heavy atom. The molecule has 3 heteroatoms. The number of hydrogen-bond acceptors (Lipinski definition) is 3. The summed E-state index contributed by atoms with van der Waals surface area (Å²) in [7, 11) is 1.47. The molecule has 0 N–H and O–H groups in total. The number of esters is 1. The Balaban J connectivity index is 2.87. The number of hydrogen-bond donors (Lipinski definition) is 0. The number of methoxy groups -OCH3 is 1. The Labute approximate surface area is 86.4 Å². The molecule has 3 nitrogen and oxygen atoms in total. The highest BCUT2D eigenvalue weighted by molar-refractivity contribution is 5.77. The molecule has 1 saturated heterocycles. The van der Waals surface area contributed by atoms with E-state index in [1.54, 1.807) is 0 Å². The lowest BCUT2D eigenvalue weighted by Gasteiger charge is -2.32. The van der Waals surface area contributed by atoms with E-state index < -0.39 is 0 Å². The summed E-state index contributed by atoms with van der Waals surface area (Å²) in [5, 5.41) is 0. The first-order valence-electron chi connectivity index (χ1n) is 5.23. The van der Waals surface area contributed by atoms with Gasteiger partial charge in [0.15, 0.2) is 0 Å². The SMILES string of the molecule is COC(=O)C1N(C(C)C)CCC1(C)C. The number of nitrogens with zero attached hydrogens (tertiary/aromatic N) is 1. The van der Waals surface area contributed by atoms with E-state index in [-0.39, 0.29) is 17.4 Å². The van der Waals surface area contributed by atoms with E-state index in [9.17, 15) is 4.79 Å². The van der Waals surface area contributed by atoms with Crippen molar-refractivity contribution in [2.75, 3.05) is 13.7 Å². The van der Waals surface area contributed by atoms with Gasteiger partial charge in [0, 0.05) is 6.04 Å². The molecule has 0 spiro atoms. The fraction of sp³-hybridized carbons (Fsp3) is 0.909. The summed E-state index contributed by atoms with van der Waals surface area (Å²) < 4.78 is 4.87. The molecule has 0 radical (unpaired) electrons. The third-order valence-corrected chi connectivity index (χ3v) is 3.17. The molecule has 1 heterocycles. The van der Waals surface area contributed by atoms with Gasteiger partial charge in [-0.05, 0) is 32.2 Å². The summed E-state index contributed by atoms with van der Waals surface area (Å²) in [6, 6.07) is 0.327. The van der Waals surface area contributed by atoms with Crippen molar-refractivity contribution in [1.82, 2.24) is 4.90 Å². The fourth-order valence-corrected chi connectivity index (χ4v) is 2.25.